The molecule has 1 aliphatic rings. The van der Waals surface area contributed by atoms with Gasteiger partial charge in [-0.05, 0) is 46.4 Å². The third kappa shape index (κ3) is 3.68. The van der Waals surface area contributed by atoms with Crippen molar-refractivity contribution in [2.75, 3.05) is 7.05 Å². The minimum atomic E-state index is -2.48. The zero-order valence-corrected chi connectivity index (χ0v) is 10.0. The number of hydrogen-bond acceptors (Lipinski definition) is 2. The van der Waals surface area contributed by atoms with Gasteiger partial charge >= 0.3 is 0 Å². The molecule has 0 N–H and O–H groups in total. The van der Waals surface area contributed by atoms with Crippen molar-refractivity contribution in [3.8, 4) is 0 Å². The zero-order chi connectivity index (χ0) is 9.90. The molecule has 0 atom stereocenters. The largest absolute Gasteiger partial charge is 0.245 e. The van der Waals surface area contributed by atoms with E-state index >= 15 is 0 Å². The van der Waals surface area contributed by atoms with Crippen LogP contribution in [0.25, 0.3) is 0 Å². The standard InChI is InChI=1S/C7H7Cl2N2PS/c1-11(12(8,9)13)10-6-7-4-2-3-5-7/h2-4,6H,1H3/b10-6+. The van der Waals surface area contributed by atoms with E-state index < -0.39 is 4.89 Å². The number of hydrogen-bond donors (Lipinski definition) is 0. The average molecular weight is 253 g/mol. The molecule has 0 saturated carbocycles. The van der Waals surface area contributed by atoms with Gasteiger partial charge in [-0.3, -0.25) is 0 Å². The lowest BCUT2D eigenvalue weighted by Gasteiger charge is -2.15. The Labute approximate surface area is 91.8 Å². The molecule has 0 amide bonds. The van der Waals surface area contributed by atoms with Gasteiger partial charge in [0.15, 0.2) is 0 Å². The summed E-state index contributed by atoms with van der Waals surface area (Å²) in [4.78, 5) is -2.48. The molecule has 0 fully saturated rings. The summed E-state index contributed by atoms with van der Waals surface area (Å²) in [6.07, 6.45) is 7.17. The van der Waals surface area contributed by atoms with E-state index in [9.17, 15) is 0 Å². The molecule has 0 bridgehead atoms. The van der Waals surface area contributed by atoms with Crippen molar-refractivity contribution >= 4 is 45.4 Å². The van der Waals surface area contributed by atoms with E-state index in [-0.39, 0.29) is 0 Å². The van der Waals surface area contributed by atoms with Crippen LogP contribution in [0.15, 0.2) is 34.6 Å². The number of hydrazone groups is 1. The van der Waals surface area contributed by atoms with Gasteiger partial charge in [0, 0.05) is 12.6 Å². The lowest BCUT2D eigenvalue weighted by atomic mass is 10.3. The van der Waals surface area contributed by atoms with Gasteiger partial charge in [-0.2, -0.15) is 5.10 Å². The first-order valence-electron chi connectivity index (χ1n) is 3.41. The minimum absolute atomic E-state index is 0.878. The molecule has 0 aromatic carbocycles. The van der Waals surface area contributed by atoms with Crippen molar-refractivity contribution in [2.24, 2.45) is 5.10 Å². The average Bonchev–Trinajstić information content (AvgIpc) is 2.50. The first-order valence-corrected chi connectivity index (χ1v) is 7.97. The van der Waals surface area contributed by atoms with Gasteiger partial charge in [0.05, 0.1) is 6.21 Å². The topological polar surface area (TPSA) is 15.6 Å². The summed E-state index contributed by atoms with van der Waals surface area (Å²) < 4.78 is 1.40. The normalized spacial score (nSPS) is 15.5. The SMILES string of the molecule is CN(/N=C/C1=C=CC=C1)P(=S)(Cl)Cl. The van der Waals surface area contributed by atoms with E-state index in [1.54, 1.807) is 19.3 Å². The Hall–Kier alpha value is -0.0400. The van der Waals surface area contributed by atoms with Crippen LogP contribution in [-0.4, -0.2) is 18.0 Å². The minimum Gasteiger partial charge on any atom is -0.245 e. The van der Waals surface area contributed by atoms with Crippen LogP contribution in [0.3, 0.4) is 0 Å². The van der Waals surface area contributed by atoms with E-state index in [4.69, 9.17) is 34.3 Å². The van der Waals surface area contributed by atoms with E-state index in [1.165, 1.54) is 4.78 Å². The highest BCUT2D eigenvalue weighted by molar-refractivity contribution is 8.37. The molecule has 6 heteroatoms. The summed E-state index contributed by atoms with van der Waals surface area (Å²) >= 11 is 16.3. The molecule has 70 valence electrons. The molecule has 1 aliphatic carbocycles. The van der Waals surface area contributed by atoms with Crippen molar-refractivity contribution in [1.29, 1.82) is 0 Å². The van der Waals surface area contributed by atoms with Crippen molar-refractivity contribution < 1.29 is 0 Å². The highest BCUT2D eigenvalue weighted by atomic mass is 35.9. The zero-order valence-electron chi connectivity index (χ0n) is 6.82. The molecule has 0 heterocycles. The van der Waals surface area contributed by atoms with Crippen LogP contribution < -0.4 is 0 Å². The molecule has 13 heavy (non-hydrogen) atoms. The predicted molar refractivity (Wildman–Crippen MR) is 63.0 cm³/mol. The molecule has 0 aliphatic heterocycles. The van der Waals surface area contributed by atoms with Gasteiger partial charge < -0.3 is 0 Å². The Bertz CT molecular complexity index is 363. The lowest BCUT2D eigenvalue weighted by Crippen LogP contribution is -2.00. The monoisotopic (exact) mass is 252 g/mol. The second-order valence-corrected chi connectivity index (χ2v) is 9.99. The maximum atomic E-state index is 5.72. The quantitative estimate of drug-likeness (QED) is 0.332. The Morgan fingerprint density at radius 1 is 1.69 bits per heavy atom. The summed E-state index contributed by atoms with van der Waals surface area (Å²) in [5.41, 5.74) is 3.84. The highest BCUT2D eigenvalue weighted by Gasteiger charge is 2.12. The third-order valence-corrected chi connectivity index (χ3v) is 4.12. The Morgan fingerprint density at radius 3 is 2.85 bits per heavy atom. The molecule has 0 saturated heterocycles. The molecule has 0 unspecified atom stereocenters. The van der Waals surface area contributed by atoms with Crippen molar-refractivity contribution in [1.82, 2.24) is 4.78 Å². The fraction of sp³-hybridized carbons (Fsp3) is 0.143. The first-order chi connectivity index (χ1) is 6.00. The summed E-state index contributed by atoms with van der Waals surface area (Å²) in [5, 5.41) is 4.00. The van der Waals surface area contributed by atoms with Crippen molar-refractivity contribution in [3.05, 3.63) is 29.5 Å². The van der Waals surface area contributed by atoms with Crippen LogP contribution in [0.5, 0.6) is 0 Å². The van der Waals surface area contributed by atoms with Crippen LogP contribution in [-0.2, 0) is 11.8 Å². The number of rotatable bonds is 3. The number of allylic oxidation sites excluding steroid dienone is 3. The molecule has 0 radical (unpaired) electrons. The van der Waals surface area contributed by atoms with E-state index in [0.29, 0.717) is 0 Å². The van der Waals surface area contributed by atoms with Gasteiger partial charge in [-0.25, -0.2) is 4.78 Å². The maximum absolute atomic E-state index is 5.72. The summed E-state index contributed by atoms with van der Waals surface area (Å²) in [7, 11) is 1.65. The third-order valence-electron chi connectivity index (χ3n) is 1.32. The van der Waals surface area contributed by atoms with Crippen molar-refractivity contribution in [3.63, 3.8) is 0 Å². The molecular weight excluding hydrogens is 246 g/mol. The molecular formula is C7H7Cl2N2PS. The van der Waals surface area contributed by atoms with Crippen molar-refractivity contribution in [2.45, 2.75) is 0 Å². The van der Waals surface area contributed by atoms with Gasteiger partial charge in [0.1, 0.15) is 0 Å². The fourth-order valence-corrected chi connectivity index (χ4v) is 1.16. The smallest absolute Gasteiger partial charge is 0.222 e. The van der Waals surface area contributed by atoms with Gasteiger partial charge in [-0.15, -0.1) is 5.73 Å². The second-order valence-electron chi connectivity index (χ2n) is 2.29. The molecule has 2 nitrogen and oxygen atoms in total. The molecule has 1 rings (SSSR count). The van der Waals surface area contributed by atoms with Gasteiger partial charge in [-0.1, -0.05) is 6.08 Å². The number of nitrogens with zero attached hydrogens (tertiary/aromatic N) is 2. The van der Waals surface area contributed by atoms with Crippen LogP contribution >= 0.6 is 27.4 Å². The Balaban J connectivity index is 2.64. The summed E-state index contributed by atoms with van der Waals surface area (Å²) in [6.45, 7) is 0. The van der Waals surface area contributed by atoms with Gasteiger partial charge in [0.25, 0.3) is 0 Å². The Morgan fingerprint density at radius 2 is 2.38 bits per heavy atom. The Kier molecular flexibility index (Phi) is 3.78. The van der Waals surface area contributed by atoms with Crippen LogP contribution in [0.1, 0.15) is 0 Å². The van der Waals surface area contributed by atoms with E-state index in [2.05, 4.69) is 10.8 Å². The van der Waals surface area contributed by atoms with Gasteiger partial charge in [0.2, 0.25) is 4.89 Å². The van der Waals surface area contributed by atoms with E-state index in [0.717, 1.165) is 5.57 Å². The van der Waals surface area contributed by atoms with E-state index in [1.807, 2.05) is 12.2 Å². The highest BCUT2D eigenvalue weighted by Crippen LogP contribution is 2.59. The lowest BCUT2D eigenvalue weighted by molar-refractivity contribution is 0.611. The van der Waals surface area contributed by atoms with Crippen LogP contribution in [0.4, 0.5) is 0 Å². The predicted octanol–water partition coefficient (Wildman–Crippen LogP) is 3.26. The molecule has 0 spiro atoms. The fourth-order valence-electron chi connectivity index (χ4n) is 0.630. The molecule has 0 aromatic rings. The second kappa shape index (κ2) is 4.45. The number of halogens is 2. The summed E-state index contributed by atoms with van der Waals surface area (Å²) in [5.74, 6) is 0. The van der Waals surface area contributed by atoms with Crippen LogP contribution in [0.2, 0.25) is 0 Å². The molecule has 0 aromatic heterocycles. The first kappa shape index (κ1) is 11.0. The summed E-state index contributed by atoms with van der Waals surface area (Å²) in [6, 6.07) is 0. The maximum Gasteiger partial charge on any atom is 0.222 e. The van der Waals surface area contributed by atoms with Crippen LogP contribution in [0, 0.1) is 0 Å².